The fraction of sp³-hybridized carbons (Fsp3) is 0.143. The summed E-state index contributed by atoms with van der Waals surface area (Å²) in [6.45, 7) is 2.14. The third-order valence-corrected chi connectivity index (χ3v) is 4.63. The van der Waals surface area contributed by atoms with E-state index in [4.69, 9.17) is 0 Å². The number of hydrogen-bond acceptors (Lipinski definition) is 1. The van der Waals surface area contributed by atoms with Crippen LogP contribution in [-0.2, 0) is 12.8 Å². The molecule has 1 aliphatic carbocycles. The fourth-order valence-electron chi connectivity index (χ4n) is 3.58. The highest BCUT2D eigenvalue weighted by Gasteiger charge is 2.22. The van der Waals surface area contributed by atoms with Crippen LogP contribution in [0.15, 0.2) is 60.7 Å². The van der Waals surface area contributed by atoms with Crippen molar-refractivity contribution in [3.05, 3.63) is 77.4 Å². The maximum Gasteiger partial charge on any atom is 0.123 e. The average molecular weight is 286 g/mol. The van der Waals surface area contributed by atoms with Crippen LogP contribution in [0.5, 0.6) is 5.75 Å². The molecule has 0 radical (unpaired) electrons. The Balaban J connectivity index is 1.98. The van der Waals surface area contributed by atoms with Crippen molar-refractivity contribution in [1.82, 2.24) is 0 Å². The molecule has 3 aromatic carbocycles. The van der Waals surface area contributed by atoms with E-state index in [1.165, 1.54) is 33.4 Å². The van der Waals surface area contributed by atoms with Crippen LogP contribution in [0.4, 0.5) is 0 Å². The van der Waals surface area contributed by atoms with Gasteiger partial charge in [0.1, 0.15) is 5.75 Å². The van der Waals surface area contributed by atoms with Crippen molar-refractivity contribution in [2.24, 2.45) is 0 Å². The van der Waals surface area contributed by atoms with Crippen LogP contribution in [0.2, 0.25) is 0 Å². The molecule has 108 valence electrons. The number of hydrogen-bond donors (Lipinski definition) is 1. The van der Waals surface area contributed by atoms with Gasteiger partial charge >= 0.3 is 0 Å². The number of aryl methyl sites for hydroxylation is 1. The quantitative estimate of drug-likeness (QED) is 0.537. The molecular weight excluding hydrogens is 268 g/mol. The molecule has 0 amide bonds. The predicted octanol–water partition coefficient (Wildman–Crippen LogP) is 5.19. The summed E-state index contributed by atoms with van der Waals surface area (Å²) in [5.74, 6) is 0.378. The molecule has 4 rings (SSSR count). The standard InChI is InChI=1S/C21H18O/c1-2-14-8-5-12-20(22)21(14)18-11-6-10-17-16-9-4-3-7-15(16)13-19(17)18/h3-12,22H,2,13H2,1H3. The van der Waals surface area contributed by atoms with Crippen molar-refractivity contribution < 1.29 is 5.11 Å². The summed E-state index contributed by atoms with van der Waals surface area (Å²) in [6, 6.07) is 20.8. The van der Waals surface area contributed by atoms with Crippen molar-refractivity contribution in [2.75, 3.05) is 0 Å². The van der Waals surface area contributed by atoms with Gasteiger partial charge in [-0.2, -0.15) is 0 Å². The number of aromatic hydroxyl groups is 1. The molecule has 1 N–H and O–H groups in total. The van der Waals surface area contributed by atoms with Gasteiger partial charge in [0.2, 0.25) is 0 Å². The van der Waals surface area contributed by atoms with E-state index in [2.05, 4.69) is 55.5 Å². The van der Waals surface area contributed by atoms with Gasteiger partial charge in [0, 0.05) is 5.56 Å². The molecule has 0 fully saturated rings. The van der Waals surface area contributed by atoms with Crippen molar-refractivity contribution in [3.63, 3.8) is 0 Å². The second kappa shape index (κ2) is 5.03. The molecule has 1 heteroatoms. The van der Waals surface area contributed by atoms with Gasteiger partial charge in [-0.15, -0.1) is 0 Å². The van der Waals surface area contributed by atoms with Gasteiger partial charge in [-0.3, -0.25) is 0 Å². The third kappa shape index (κ3) is 1.86. The van der Waals surface area contributed by atoms with Crippen molar-refractivity contribution in [3.8, 4) is 28.0 Å². The van der Waals surface area contributed by atoms with E-state index in [1.807, 2.05) is 6.07 Å². The largest absolute Gasteiger partial charge is 0.507 e. The zero-order valence-corrected chi connectivity index (χ0v) is 12.6. The molecule has 0 aromatic heterocycles. The maximum atomic E-state index is 10.4. The first kappa shape index (κ1) is 13.1. The molecule has 0 saturated heterocycles. The first-order chi connectivity index (χ1) is 10.8. The first-order valence-electron chi connectivity index (χ1n) is 7.81. The van der Waals surface area contributed by atoms with E-state index in [1.54, 1.807) is 6.07 Å². The number of phenolic OH excluding ortho intramolecular Hbond substituents is 1. The molecule has 0 saturated carbocycles. The van der Waals surface area contributed by atoms with E-state index >= 15 is 0 Å². The number of phenols is 1. The lowest BCUT2D eigenvalue weighted by Gasteiger charge is -2.14. The van der Waals surface area contributed by atoms with E-state index in [0.29, 0.717) is 5.75 Å². The summed E-state index contributed by atoms with van der Waals surface area (Å²) < 4.78 is 0. The summed E-state index contributed by atoms with van der Waals surface area (Å²) in [4.78, 5) is 0. The van der Waals surface area contributed by atoms with Crippen molar-refractivity contribution in [1.29, 1.82) is 0 Å². The molecule has 22 heavy (non-hydrogen) atoms. The van der Waals surface area contributed by atoms with Crippen molar-refractivity contribution >= 4 is 0 Å². The molecule has 3 aromatic rings. The van der Waals surface area contributed by atoms with Gasteiger partial charge < -0.3 is 5.11 Å². The average Bonchev–Trinajstić information content (AvgIpc) is 2.93. The van der Waals surface area contributed by atoms with Gasteiger partial charge in [0.15, 0.2) is 0 Å². The Bertz CT molecular complexity index is 862. The van der Waals surface area contributed by atoms with Crippen molar-refractivity contribution in [2.45, 2.75) is 19.8 Å². The zero-order valence-electron chi connectivity index (χ0n) is 12.6. The predicted molar refractivity (Wildman–Crippen MR) is 91.2 cm³/mol. The van der Waals surface area contributed by atoms with Gasteiger partial charge in [0.05, 0.1) is 0 Å². The smallest absolute Gasteiger partial charge is 0.123 e. The van der Waals surface area contributed by atoms with E-state index in [9.17, 15) is 5.11 Å². The Hall–Kier alpha value is -2.54. The van der Waals surface area contributed by atoms with Gasteiger partial charge in [-0.1, -0.05) is 61.5 Å². The van der Waals surface area contributed by atoms with E-state index in [-0.39, 0.29) is 0 Å². The molecule has 0 unspecified atom stereocenters. The highest BCUT2D eigenvalue weighted by Crippen LogP contribution is 2.44. The summed E-state index contributed by atoms with van der Waals surface area (Å²) >= 11 is 0. The highest BCUT2D eigenvalue weighted by atomic mass is 16.3. The Morgan fingerprint density at radius 2 is 1.55 bits per heavy atom. The summed E-state index contributed by atoms with van der Waals surface area (Å²) in [5, 5.41) is 10.4. The second-order valence-corrected chi connectivity index (χ2v) is 5.83. The normalized spacial score (nSPS) is 12.0. The van der Waals surface area contributed by atoms with Crippen LogP contribution in [0.1, 0.15) is 23.6 Å². The van der Waals surface area contributed by atoms with E-state index < -0.39 is 0 Å². The summed E-state index contributed by atoms with van der Waals surface area (Å²) in [7, 11) is 0. The molecule has 0 aliphatic heterocycles. The third-order valence-electron chi connectivity index (χ3n) is 4.63. The molecule has 0 atom stereocenters. The molecular formula is C21H18O. The summed E-state index contributed by atoms with van der Waals surface area (Å²) in [6.07, 6.45) is 1.86. The first-order valence-corrected chi connectivity index (χ1v) is 7.81. The lowest BCUT2D eigenvalue weighted by atomic mass is 9.91. The SMILES string of the molecule is CCc1cccc(O)c1-c1cccc2c1Cc1ccccc1-2. The minimum absolute atomic E-state index is 0.378. The topological polar surface area (TPSA) is 20.2 Å². The molecule has 0 spiro atoms. The minimum atomic E-state index is 0.378. The maximum absolute atomic E-state index is 10.4. The van der Waals surface area contributed by atoms with Crippen LogP contribution in [0, 0.1) is 0 Å². The monoisotopic (exact) mass is 286 g/mol. The van der Waals surface area contributed by atoms with Gasteiger partial charge in [-0.05, 0) is 52.3 Å². The number of rotatable bonds is 2. The van der Waals surface area contributed by atoms with Crippen LogP contribution >= 0.6 is 0 Å². The Morgan fingerprint density at radius 3 is 2.41 bits per heavy atom. The molecule has 1 nitrogen and oxygen atoms in total. The molecule has 0 heterocycles. The van der Waals surface area contributed by atoms with Gasteiger partial charge in [-0.25, -0.2) is 0 Å². The van der Waals surface area contributed by atoms with Gasteiger partial charge in [0.25, 0.3) is 0 Å². The molecule has 0 bridgehead atoms. The Morgan fingerprint density at radius 1 is 0.818 bits per heavy atom. The minimum Gasteiger partial charge on any atom is -0.507 e. The number of fused-ring (bicyclic) bond motifs is 3. The lowest BCUT2D eigenvalue weighted by molar-refractivity contribution is 0.476. The zero-order chi connectivity index (χ0) is 15.1. The van der Waals surface area contributed by atoms with Crippen LogP contribution in [0.25, 0.3) is 22.3 Å². The second-order valence-electron chi connectivity index (χ2n) is 5.83. The van der Waals surface area contributed by atoms with Crippen LogP contribution in [-0.4, -0.2) is 5.11 Å². The highest BCUT2D eigenvalue weighted by molar-refractivity contribution is 5.87. The van der Waals surface area contributed by atoms with Crippen LogP contribution < -0.4 is 0 Å². The van der Waals surface area contributed by atoms with Crippen LogP contribution in [0.3, 0.4) is 0 Å². The Labute approximate surface area is 130 Å². The van der Waals surface area contributed by atoms with E-state index in [0.717, 1.165) is 18.4 Å². The molecule has 1 aliphatic rings. The Kier molecular flexibility index (Phi) is 3.00. The fourth-order valence-corrected chi connectivity index (χ4v) is 3.58. The summed E-state index contributed by atoms with van der Waals surface area (Å²) in [5.41, 5.74) is 8.70. The lowest BCUT2D eigenvalue weighted by Crippen LogP contribution is -1.93. The number of benzene rings is 3.